The van der Waals surface area contributed by atoms with Crippen LogP contribution in [-0.2, 0) is 7.05 Å². The summed E-state index contributed by atoms with van der Waals surface area (Å²) in [4.78, 5) is 0. The van der Waals surface area contributed by atoms with E-state index in [-0.39, 0.29) is 0 Å². The number of furan rings is 1. The van der Waals surface area contributed by atoms with E-state index in [0.29, 0.717) is 0 Å². The summed E-state index contributed by atoms with van der Waals surface area (Å²) in [5.74, 6) is 0. The van der Waals surface area contributed by atoms with Crippen LogP contribution in [0.4, 0.5) is 0 Å². The molecule has 0 saturated heterocycles. The minimum absolute atomic E-state index is 0.935. The second kappa shape index (κ2) is 5.92. The number of fused-ring (bicyclic) bond motifs is 7. The topological polar surface area (TPSA) is 17.0 Å². The second-order valence-corrected chi connectivity index (χ2v) is 7.79. The molecule has 0 spiro atoms. The monoisotopic (exact) mass is 374 g/mol. The molecule has 2 heterocycles. The smallest absolute Gasteiger partial charge is 0.212 e. The standard InChI is InChI=1S/C27H20NO/c1-17-15-23-21-13-12-19-11-10-18-7-3-4-8-20(18)26(19)27(21)29-25(23)16-22(17)24-9-5-6-14-28(24)2/h3-16H,1-2H3/q+1. The van der Waals surface area contributed by atoms with Crippen molar-refractivity contribution < 1.29 is 8.98 Å². The molecule has 0 saturated carbocycles. The quantitative estimate of drug-likeness (QED) is 0.231. The van der Waals surface area contributed by atoms with Crippen LogP contribution in [-0.4, -0.2) is 0 Å². The first kappa shape index (κ1) is 16.3. The van der Waals surface area contributed by atoms with Gasteiger partial charge in [-0.15, -0.1) is 0 Å². The van der Waals surface area contributed by atoms with Gasteiger partial charge in [-0.1, -0.05) is 42.5 Å². The molecule has 0 aliphatic carbocycles. The predicted octanol–water partition coefficient (Wildman–Crippen LogP) is 6.69. The highest BCUT2D eigenvalue weighted by atomic mass is 16.3. The number of pyridine rings is 1. The number of rotatable bonds is 1. The first-order valence-electron chi connectivity index (χ1n) is 9.93. The first-order chi connectivity index (χ1) is 14.2. The number of nitrogens with zero attached hydrogens (tertiary/aromatic N) is 1. The van der Waals surface area contributed by atoms with Crippen LogP contribution in [0.15, 0.2) is 89.5 Å². The zero-order chi connectivity index (χ0) is 19.5. The summed E-state index contributed by atoms with van der Waals surface area (Å²) < 4.78 is 8.67. The van der Waals surface area contributed by atoms with Crippen molar-refractivity contribution in [2.24, 2.45) is 7.05 Å². The van der Waals surface area contributed by atoms with Gasteiger partial charge in [0.1, 0.15) is 18.2 Å². The summed E-state index contributed by atoms with van der Waals surface area (Å²) in [5.41, 5.74) is 5.55. The molecule has 4 aromatic carbocycles. The Labute approximate surface area is 168 Å². The van der Waals surface area contributed by atoms with E-state index >= 15 is 0 Å². The summed E-state index contributed by atoms with van der Waals surface area (Å²) in [6.45, 7) is 2.18. The summed E-state index contributed by atoms with van der Waals surface area (Å²) in [7, 11) is 2.08. The molecule has 2 heteroatoms. The summed E-state index contributed by atoms with van der Waals surface area (Å²) in [6, 6.07) is 28.0. The van der Waals surface area contributed by atoms with Crippen molar-refractivity contribution in [2.45, 2.75) is 6.92 Å². The Balaban J connectivity index is 1.75. The number of aryl methyl sites for hydroxylation is 2. The molecule has 6 aromatic rings. The molecule has 0 unspecified atom stereocenters. The lowest BCUT2D eigenvalue weighted by atomic mass is 9.98. The van der Waals surface area contributed by atoms with Gasteiger partial charge in [0.15, 0.2) is 6.20 Å². The molecular weight excluding hydrogens is 354 g/mol. The van der Waals surface area contributed by atoms with Gasteiger partial charge in [-0.2, -0.15) is 0 Å². The zero-order valence-electron chi connectivity index (χ0n) is 16.4. The average Bonchev–Trinajstić information content (AvgIpc) is 3.11. The zero-order valence-corrected chi connectivity index (χ0v) is 16.4. The first-order valence-corrected chi connectivity index (χ1v) is 9.93. The fraction of sp³-hybridized carbons (Fsp3) is 0.0741. The lowest BCUT2D eigenvalue weighted by Crippen LogP contribution is -2.30. The van der Waals surface area contributed by atoms with E-state index in [1.807, 2.05) is 0 Å². The number of hydrogen-bond acceptors (Lipinski definition) is 1. The Morgan fingerprint density at radius 1 is 0.724 bits per heavy atom. The molecule has 0 fully saturated rings. The van der Waals surface area contributed by atoms with E-state index in [9.17, 15) is 0 Å². The lowest BCUT2D eigenvalue weighted by molar-refractivity contribution is -0.660. The molecule has 0 bridgehead atoms. The second-order valence-electron chi connectivity index (χ2n) is 7.79. The van der Waals surface area contributed by atoms with Crippen molar-refractivity contribution in [3.63, 3.8) is 0 Å². The van der Waals surface area contributed by atoms with Crippen LogP contribution in [0.5, 0.6) is 0 Å². The van der Waals surface area contributed by atoms with Gasteiger partial charge >= 0.3 is 0 Å². The van der Waals surface area contributed by atoms with Crippen LogP contribution in [0.2, 0.25) is 0 Å². The van der Waals surface area contributed by atoms with E-state index in [4.69, 9.17) is 4.42 Å². The van der Waals surface area contributed by atoms with Gasteiger partial charge in [0.2, 0.25) is 5.69 Å². The van der Waals surface area contributed by atoms with Gasteiger partial charge in [0.25, 0.3) is 0 Å². The van der Waals surface area contributed by atoms with Crippen LogP contribution in [0.3, 0.4) is 0 Å². The summed E-state index contributed by atoms with van der Waals surface area (Å²) in [5, 5.41) is 7.23. The molecule has 2 nitrogen and oxygen atoms in total. The Bertz CT molecular complexity index is 1570. The average molecular weight is 374 g/mol. The van der Waals surface area contributed by atoms with Crippen LogP contribution < -0.4 is 4.57 Å². The van der Waals surface area contributed by atoms with Crippen molar-refractivity contribution in [1.82, 2.24) is 0 Å². The van der Waals surface area contributed by atoms with E-state index < -0.39 is 0 Å². The van der Waals surface area contributed by atoms with Gasteiger partial charge in [0, 0.05) is 28.3 Å². The summed E-state index contributed by atoms with van der Waals surface area (Å²) in [6.07, 6.45) is 2.08. The Hall–Kier alpha value is -3.65. The molecule has 0 amide bonds. The maximum atomic E-state index is 6.52. The van der Waals surface area contributed by atoms with Crippen LogP contribution in [0.25, 0.3) is 54.7 Å². The number of benzene rings is 4. The van der Waals surface area contributed by atoms with Crippen molar-refractivity contribution >= 4 is 43.5 Å². The minimum Gasteiger partial charge on any atom is -0.455 e. The third kappa shape index (κ3) is 2.32. The molecular formula is C27H20NO+. The number of hydrogen-bond donors (Lipinski definition) is 0. The maximum absolute atomic E-state index is 6.52. The molecule has 29 heavy (non-hydrogen) atoms. The van der Waals surface area contributed by atoms with Crippen LogP contribution >= 0.6 is 0 Å². The molecule has 0 radical (unpaired) electrons. The predicted molar refractivity (Wildman–Crippen MR) is 120 cm³/mol. The SMILES string of the molecule is Cc1cc2c(cc1-c1cccc[n+]1C)oc1c2ccc2ccc3ccccc3c21. The highest BCUT2D eigenvalue weighted by Gasteiger charge is 2.17. The highest BCUT2D eigenvalue weighted by Crippen LogP contribution is 2.39. The highest BCUT2D eigenvalue weighted by molar-refractivity contribution is 6.23. The van der Waals surface area contributed by atoms with Crippen LogP contribution in [0, 0.1) is 6.92 Å². The molecule has 0 aliphatic rings. The Morgan fingerprint density at radius 2 is 1.52 bits per heavy atom. The Morgan fingerprint density at radius 3 is 2.41 bits per heavy atom. The fourth-order valence-corrected chi connectivity index (χ4v) is 4.55. The summed E-state index contributed by atoms with van der Waals surface area (Å²) >= 11 is 0. The number of aromatic nitrogens is 1. The molecule has 0 aliphatic heterocycles. The van der Waals surface area contributed by atoms with E-state index in [0.717, 1.165) is 11.2 Å². The normalized spacial score (nSPS) is 11.8. The third-order valence-electron chi connectivity index (χ3n) is 6.02. The van der Waals surface area contributed by atoms with Crippen molar-refractivity contribution in [2.75, 3.05) is 0 Å². The van der Waals surface area contributed by atoms with Crippen molar-refractivity contribution in [1.29, 1.82) is 0 Å². The third-order valence-corrected chi connectivity index (χ3v) is 6.02. The largest absolute Gasteiger partial charge is 0.455 e. The molecule has 0 atom stereocenters. The van der Waals surface area contributed by atoms with Gasteiger partial charge in [-0.25, -0.2) is 4.57 Å². The van der Waals surface area contributed by atoms with Gasteiger partial charge in [-0.05, 0) is 52.9 Å². The van der Waals surface area contributed by atoms with Gasteiger partial charge in [0.05, 0.1) is 5.56 Å². The van der Waals surface area contributed by atoms with Crippen LogP contribution in [0.1, 0.15) is 5.56 Å². The minimum atomic E-state index is 0.935. The van der Waals surface area contributed by atoms with Gasteiger partial charge < -0.3 is 4.42 Å². The van der Waals surface area contributed by atoms with Crippen molar-refractivity contribution in [3.8, 4) is 11.3 Å². The molecule has 138 valence electrons. The molecule has 6 rings (SSSR count). The fourth-order valence-electron chi connectivity index (χ4n) is 4.55. The molecule has 2 aromatic heterocycles. The van der Waals surface area contributed by atoms with E-state index in [1.165, 1.54) is 49.1 Å². The Kier molecular flexibility index (Phi) is 3.33. The maximum Gasteiger partial charge on any atom is 0.212 e. The van der Waals surface area contributed by atoms with E-state index in [1.54, 1.807) is 0 Å². The lowest BCUT2D eigenvalue weighted by Gasteiger charge is -2.04. The van der Waals surface area contributed by atoms with Crippen molar-refractivity contribution in [3.05, 3.63) is 90.6 Å². The van der Waals surface area contributed by atoms with Gasteiger partial charge in [-0.3, -0.25) is 0 Å². The molecule has 0 N–H and O–H groups in total. The van der Waals surface area contributed by atoms with E-state index in [2.05, 4.69) is 104 Å².